The van der Waals surface area contributed by atoms with Crippen molar-refractivity contribution in [3.05, 3.63) is 155 Å². The van der Waals surface area contributed by atoms with Crippen LogP contribution in [0.5, 0.6) is 0 Å². The van der Waals surface area contributed by atoms with Gasteiger partial charge in [0.25, 0.3) is 0 Å². The normalized spacial score (nSPS) is 10.3. The summed E-state index contributed by atoms with van der Waals surface area (Å²) in [6.07, 6.45) is 0. The smallest absolute Gasteiger partial charge is 0.0785 e. The van der Waals surface area contributed by atoms with Gasteiger partial charge >= 0.3 is 0 Å². The van der Waals surface area contributed by atoms with Gasteiger partial charge in [-0.2, -0.15) is 0 Å². The van der Waals surface area contributed by atoms with Crippen LogP contribution >= 0.6 is 0 Å². The lowest BCUT2D eigenvalue weighted by Crippen LogP contribution is -2.17. The van der Waals surface area contributed by atoms with E-state index in [9.17, 15) is 4.39 Å². The molecule has 0 atom stereocenters. The van der Waals surface area contributed by atoms with Crippen molar-refractivity contribution in [1.29, 1.82) is 0 Å². The molecule has 0 spiro atoms. The predicted octanol–water partition coefficient (Wildman–Crippen LogP) is 10.6. The molecular formula is C37H41FN2. The largest absolute Gasteiger partial charge is 0.355 e. The lowest BCUT2D eigenvalue weighted by Gasteiger charge is -2.27. The molecule has 0 aliphatic rings. The Morgan fingerprint density at radius 1 is 0.625 bits per heavy atom. The van der Waals surface area contributed by atoms with Crippen molar-refractivity contribution in [2.75, 3.05) is 17.4 Å². The highest BCUT2D eigenvalue weighted by atomic mass is 19.1. The molecule has 5 aromatic rings. The van der Waals surface area contributed by atoms with Gasteiger partial charge in [-0.25, -0.2) is 0 Å². The first-order chi connectivity index (χ1) is 19.8. The molecular weight excluding hydrogens is 491 g/mol. The summed E-state index contributed by atoms with van der Waals surface area (Å²) in [7, 11) is -1.00. The van der Waals surface area contributed by atoms with Gasteiger partial charge in [-0.3, -0.25) is 4.39 Å². The van der Waals surface area contributed by atoms with Gasteiger partial charge in [-0.1, -0.05) is 102 Å². The maximum absolute atomic E-state index is 9.96. The van der Waals surface area contributed by atoms with Crippen molar-refractivity contribution in [3.63, 3.8) is 0 Å². The minimum atomic E-state index is -1.00. The summed E-state index contributed by atoms with van der Waals surface area (Å²) < 4.78 is 15.5. The molecule has 0 aromatic heterocycles. The van der Waals surface area contributed by atoms with Gasteiger partial charge in [0.1, 0.15) is 0 Å². The van der Waals surface area contributed by atoms with Crippen LogP contribution in [0.4, 0.5) is 27.1 Å². The summed E-state index contributed by atoms with van der Waals surface area (Å²) >= 11 is 0. The maximum atomic E-state index is 9.96. The molecule has 0 amide bonds. The van der Waals surface area contributed by atoms with Crippen molar-refractivity contribution in [2.24, 2.45) is 0 Å². The van der Waals surface area contributed by atoms with Crippen molar-refractivity contribution >= 4 is 22.7 Å². The first-order valence-corrected chi connectivity index (χ1v) is 13.5. The highest BCUT2D eigenvalue weighted by Gasteiger charge is 2.12. The van der Waals surface area contributed by atoms with Gasteiger partial charge < -0.3 is 10.2 Å². The van der Waals surface area contributed by atoms with Crippen LogP contribution in [0.2, 0.25) is 0 Å². The number of nitrogens with one attached hydrogen (secondary N) is 1. The average Bonchev–Trinajstić information content (AvgIpc) is 2.97. The van der Waals surface area contributed by atoms with E-state index in [0.29, 0.717) is 0 Å². The average molecular weight is 534 g/mol. The van der Waals surface area contributed by atoms with E-state index < -0.39 is 7.15 Å². The monoisotopic (exact) mass is 533 g/mol. The van der Waals surface area contributed by atoms with Gasteiger partial charge in [0.15, 0.2) is 0 Å². The summed E-state index contributed by atoms with van der Waals surface area (Å²) in [5.41, 5.74) is 12.6. The molecule has 0 aliphatic heterocycles. The van der Waals surface area contributed by atoms with Crippen LogP contribution in [0.25, 0.3) is 0 Å². The lowest BCUT2D eigenvalue weighted by atomic mass is 10.1. The van der Waals surface area contributed by atoms with Gasteiger partial charge in [0.2, 0.25) is 0 Å². The lowest BCUT2D eigenvalue weighted by molar-refractivity contribution is 0.636. The quantitative estimate of drug-likeness (QED) is 0.233. The molecule has 0 saturated carbocycles. The topological polar surface area (TPSA) is 15.3 Å². The summed E-state index contributed by atoms with van der Waals surface area (Å²) in [6, 6.07) is 42.7. The van der Waals surface area contributed by atoms with Gasteiger partial charge in [0.05, 0.1) is 8.52 Å². The Morgan fingerprint density at radius 3 is 1.73 bits per heavy atom. The number of benzene rings is 5. The van der Waals surface area contributed by atoms with E-state index >= 15 is 0 Å². The van der Waals surface area contributed by atoms with Gasteiger partial charge in [-0.05, 0) is 87.7 Å². The van der Waals surface area contributed by atoms with E-state index in [1.54, 1.807) is 0 Å². The molecule has 0 saturated heterocycles. The van der Waals surface area contributed by atoms with Crippen molar-refractivity contribution < 1.29 is 5.76 Å². The van der Waals surface area contributed by atoms with Crippen LogP contribution in [-0.2, 0) is 6.54 Å². The number of para-hydroxylation sites is 2. The second-order valence-electron chi connectivity index (χ2n) is 10.0. The van der Waals surface area contributed by atoms with Gasteiger partial charge in [0, 0.05) is 29.3 Å². The highest BCUT2D eigenvalue weighted by Crippen LogP contribution is 2.30. The Bertz CT molecular complexity index is 1470. The number of aryl methyl sites for hydroxylation is 5. The van der Waals surface area contributed by atoms with E-state index in [2.05, 4.69) is 148 Å². The first kappa shape index (κ1) is 28.6. The number of hydrogen-bond donors (Lipinski definition) is 1. The third-order valence-corrected chi connectivity index (χ3v) is 6.61. The van der Waals surface area contributed by atoms with Crippen LogP contribution in [0.1, 0.15) is 34.8 Å². The fourth-order valence-corrected chi connectivity index (χ4v) is 4.54. The molecule has 5 rings (SSSR count). The standard InChI is InChI=1S/C22H23N.C14H15N.CH3F/c1-17-9-12-20(13-10-17)16-23(21-7-5-4-6-8-21)22-14-11-18(2)15-19(22)3;1-11-8-9-14(12(2)10-11)15-13-6-4-3-5-7-13;1-2/h4-15H,16H2,1-3H3;3-10,15H,1-2H3;1H3/i;;1D. The van der Waals surface area contributed by atoms with E-state index in [1.165, 1.54) is 50.4 Å². The predicted molar refractivity (Wildman–Crippen MR) is 172 cm³/mol. The van der Waals surface area contributed by atoms with Crippen molar-refractivity contribution in [1.82, 2.24) is 0 Å². The van der Waals surface area contributed by atoms with E-state index in [0.717, 1.165) is 12.2 Å². The Labute approximate surface area is 241 Å². The highest BCUT2D eigenvalue weighted by molar-refractivity contribution is 5.67. The molecule has 206 valence electrons. The van der Waals surface area contributed by atoms with Crippen LogP contribution < -0.4 is 10.2 Å². The van der Waals surface area contributed by atoms with Crippen LogP contribution in [0.15, 0.2) is 121 Å². The van der Waals surface area contributed by atoms with Gasteiger partial charge in [-0.15, -0.1) is 0 Å². The molecule has 0 fully saturated rings. The summed E-state index contributed by atoms with van der Waals surface area (Å²) in [4.78, 5) is 2.39. The zero-order valence-corrected chi connectivity index (χ0v) is 24.3. The number of alkyl halides is 1. The number of hydrogen-bond acceptors (Lipinski definition) is 2. The van der Waals surface area contributed by atoms with Crippen molar-refractivity contribution in [2.45, 2.75) is 41.2 Å². The summed E-state index contributed by atoms with van der Waals surface area (Å²) in [6.45, 7) is 11.6. The first-order valence-electron chi connectivity index (χ1n) is 14.2. The minimum absolute atomic E-state index is 0.869. The molecule has 0 bridgehead atoms. The van der Waals surface area contributed by atoms with Crippen LogP contribution in [0.3, 0.4) is 0 Å². The summed E-state index contributed by atoms with van der Waals surface area (Å²) in [5, 5.41) is 3.40. The number of rotatable bonds is 6. The molecule has 40 heavy (non-hydrogen) atoms. The summed E-state index contributed by atoms with van der Waals surface area (Å²) in [5.74, 6) is 0. The second kappa shape index (κ2) is 15.3. The zero-order chi connectivity index (χ0) is 29.6. The zero-order valence-electron chi connectivity index (χ0n) is 25.3. The van der Waals surface area contributed by atoms with E-state index in [-0.39, 0.29) is 0 Å². The fourth-order valence-electron chi connectivity index (χ4n) is 4.54. The third kappa shape index (κ3) is 8.84. The van der Waals surface area contributed by atoms with E-state index in [4.69, 9.17) is 1.37 Å². The molecule has 0 heterocycles. The molecule has 0 unspecified atom stereocenters. The fraction of sp³-hybridized carbons (Fsp3) is 0.189. The number of halogens is 1. The minimum Gasteiger partial charge on any atom is -0.355 e. The maximum Gasteiger partial charge on any atom is 0.0785 e. The molecule has 0 aliphatic carbocycles. The molecule has 2 nitrogen and oxygen atoms in total. The second-order valence-corrected chi connectivity index (χ2v) is 10.0. The third-order valence-electron chi connectivity index (χ3n) is 6.61. The Kier molecular flexibility index (Phi) is 10.9. The number of anilines is 4. The van der Waals surface area contributed by atoms with Crippen LogP contribution in [-0.4, -0.2) is 7.15 Å². The molecule has 1 N–H and O–H groups in total. The number of nitrogens with zero attached hydrogens (tertiary/aromatic N) is 1. The van der Waals surface area contributed by atoms with Crippen LogP contribution in [0, 0.1) is 34.6 Å². The molecule has 5 aromatic carbocycles. The van der Waals surface area contributed by atoms with E-state index in [1.807, 2.05) is 18.2 Å². The molecule has 0 radical (unpaired) electrons. The Hall–Kier alpha value is -4.37. The molecule has 3 heteroatoms. The SMILES string of the molecule is Cc1ccc(CN(c2ccccc2)c2ccc(C)cc2C)cc1.Cc1ccc(Nc2ccccc2)c(C)c1.[2H]CF. The Morgan fingerprint density at radius 2 is 1.15 bits per heavy atom. The van der Waals surface area contributed by atoms with Crippen molar-refractivity contribution in [3.8, 4) is 0 Å². The Balaban J connectivity index is 0.000000221.